The first-order valence-corrected chi connectivity index (χ1v) is 7.14. The van der Waals surface area contributed by atoms with Gasteiger partial charge in [-0.2, -0.15) is 15.0 Å². The number of nitrogen functional groups attached to an aromatic ring is 1. The fourth-order valence-electron chi connectivity index (χ4n) is 2.65. The molecule has 6 heteroatoms. The maximum absolute atomic E-state index is 5.75. The van der Waals surface area contributed by atoms with Gasteiger partial charge in [0.25, 0.3) is 0 Å². The van der Waals surface area contributed by atoms with E-state index in [0.717, 1.165) is 19.3 Å². The summed E-state index contributed by atoms with van der Waals surface area (Å²) in [7, 11) is 3.77. The molecule has 1 aromatic heterocycles. The van der Waals surface area contributed by atoms with Crippen LogP contribution in [0.4, 0.5) is 17.8 Å². The summed E-state index contributed by atoms with van der Waals surface area (Å²) in [6, 6.07) is 8.92. The average molecular weight is 284 g/mol. The minimum atomic E-state index is 0.243. The van der Waals surface area contributed by atoms with Crippen molar-refractivity contribution in [1.82, 2.24) is 15.0 Å². The van der Waals surface area contributed by atoms with Gasteiger partial charge in [0, 0.05) is 20.1 Å². The first-order valence-electron chi connectivity index (χ1n) is 7.14. The third kappa shape index (κ3) is 3.04. The van der Waals surface area contributed by atoms with Crippen LogP contribution < -0.4 is 16.0 Å². The van der Waals surface area contributed by atoms with E-state index in [1.54, 1.807) is 0 Å². The highest BCUT2D eigenvalue weighted by molar-refractivity contribution is 5.42. The maximum atomic E-state index is 5.75. The fourth-order valence-corrected chi connectivity index (χ4v) is 2.65. The first-order chi connectivity index (χ1) is 10.1. The molecule has 0 saturated carbocycles. The number of hydrogen-bond acceptors (Lipinski definition) is 6. The maximum Gasteiger partial charge on any atom is 0.231 e. The zero-order valence-electron chi connectivity index (χ0n) is 12.4. The molecule has 0 bridgehead atoms. The van der Waals surface area contributed by atoms with E-state index < -0.39 is 0 Å². The van der Waals surface area contributed by atoms with Crippen molar-refractivity contribution >= 4 is 17.8 Å². The van der Waals surface area contributed by atoms with Crippen LogP contribution in [0.25, 0.3) is 0 Å². The number of nitrogens with zero attached hydrogens (tertiary/aromatic N) is 4. The normalized spacial score (nSPS) is 17.1. The van der Waals surface area contributed by atoms with Crippen molar-refractivity contribution in [2.24, 2.45) is 0 Å². The molecule has 0 radical (unpaired) electrons. The van der Waals surface area contributed by atoms with E-state index in [-0.39, 0.29) is 5.95 Å². The lowest BCUT2D eigenvalue weighted by atomic mass is 9.88. The van der Waals surface area contributed by atoms with Gasteiger partial charge >= 0.3 is 0 Å². The Bertz CT molecular complexity index is 640. The molecule has 1 aliphatic carbocycles. The Hall–Kier alpha value is -2.37. The van der Waals surface area contributed by atoms with Crippen molar-refractivity contribution in [3.63, 3.8) is 0 Å². The number of fused-ring (bicyclic) bond motifs is 1. The predicted molar refractivity (Wildman–Crippen MR) is 84.4 cm³/mol. The van der Waals surface area contributed by atoms with Gasteiger partial charge in [-0.15, -0.1) is 0 Å². The number of anilines is 3. The minimum absolute atomic E-state index is 0.243. The van der Waals surface area contributed by atoms with Crippen LogP contribution >= 0.6 is 0 Å². The molecule has 1 heterocycles. The Labute approximate surface area is 124 Å². The van der Waals surface area contributed by atoms with Gasteiger partial charge < -0.3 is 16.0 Å². The van der Waals surface area contributed by atoms with Crippen molar-refractivity contribution in [1.29, 1.82) is 0 Å². The molecule has 0 spiro atoms. The van der Waals surface area contributed by atoms with Crippen molar-refractivity contribution in [2.75, 3.05) is 30.0 Å². The van der Waals surface area contributed by atoms with Crippen LogP contribution in [0.5, 0.6) is 0 Å². The molecule has 3 N–H and O–H groups in total. The summed E-state index contributed by atoms with van der Waals surface area (Å²) in [5.74, 6) is 1.37. The number of nitrogens with one attached hydrogen (secondary N) is 1. The SMILES string of the molecule is CN(C)c1nc(N)nc(NC2CCc3ccccc3C2)n1. The Morgan fingerprint density at radius 2 is 1.90 bits per heavy atom. The van der Waals surface area contributed by atoms with Gasteiger partial charge in [0.2, 0.25) is 17.8 Å². The smallest absolute Gasteiger partial charge is 0.231 e. The van der Waals surface area contributed by atoms with Crippen LogP contribution in [0.1, 0.15) is 17.5 Å². The Kier molecular flexibility index (Phi) is 3.60. The number of hydrogen-bond donors (Lipinski definition) is 2. The molecule has 1 aromatic carbocycles. The standard InChI is InChI=1S/C15H20N6/c1-21(2)15-19-13(16)18-14(20-15)17-12-8-7-10-5-3-4-6-11(10)9-12/h3-6,12H,7-9H2,1-2H3,(H3,16,17,18,19,20). The van der Waals surface area contributed by atoms with Crippen LogP contribution in [0.15, 0.2) is 24.3 Å². The quantitative estimate of drug-likeness (QED) is 0.889. The largest absolute Gasteiger partial charge is 0.368 e. The summed E-state index contributed by atoms with van der Waals surface area (Å²) in [6.07, 6.45) is 3.13. The monoisotopic (exact) mass is 284 g/mol. The molecule has 0 aliphatic heterocycles. The molecule has 1 atom stereocenters. The summed E-state index contributed by atoms with van der Waals surface area (Å²) >= 11 is 0. The van der Waals surface area contributed by atoms with Crippen LogP contribution in [-0.2, 0) is 12.8 Å². The zero-order chi connectivity index (χ0) is 14.8. The topological polar surface area (TPSA) is 80.0 Å². The molecule has 0 amide bonds. The average Bonchev–Trinajstić information content (AvgIpc) is 2.46. The summed E-state index contributed by atoms with van der Waals surface area (Å²) in [6.45, 7) is 0. The van der Waals surface area contributed by atoms with Gasteiger partial charge in [0.15, 0.2) is 0 Å². The van der Waals surface area contributed by atoms with E-state index in [9.17, 15) is 0 Å². The molecule has 1 unspecified atom stereocenters. The number of rotatable bonds is 3. The highest BCUT2D eigenvalue weighted by Crippen LogP contribution is 2.23. The molecule has 1 aliphatic rings. The highest BCUT2D eigenvalue weighted by Gasteiger charge is 2.19. The van der Waals surface area contributed by atoms with Gasteiger partial charge in [-0.3, -0.25) is 0 Å². The third-order valence-electron chi connectivity index (χ3n) is 3.72. The van der Waals surface area contributed by atoms with Crippen molar-refractivity contribution in [2.45, 2.75) is 25.3 Å². The van der Waals surface area contributed by atoms with Gasteiger partial charge in [-0.25, -0.2) is 0 Å². The second-order valence-electron chi connectivity index (χ2n) is 5.56. The summed E-state index contributed by atoms with van der Waals surface area (Å²) in [5, 5.41) is 3.39. The summed E-state index contributed by atoms with van der Waals surface area (Å²) in [5.41, 5.74) is 8.59. The van der Waals surface area contributed by atoms with Crippen molar-refractivity contribution < 1.29 is 0 Å². The van der Waals surface area contributed by atoms with E-state index in [1.807, 2.05) is 19.0 Å². The van der Waals surface area contributed by atoms with Crippen molar-refractivity contribution in [3.05, 3.63) is 35.4 Å². The number of aromatic nitrogens is 3. The Balaban J connectivity index is 1.76. The fraction of sp³-hybridized carbons (Fsp3) is 0.400. The lowest BCUT2D eigenvalue weighted by molar-refractivity contribution is 0.606. The lowest BCUT2D eigenvalue weighted by Crippen LogP contribution is -2.29. The molecule has 6 nitrogen and oxygen atoms in total. The summed E-state index contributed by atoms with van der Waals surface area (Å²) in [4.78, 5) is 14.5. The highest BCUT2D eigenvalue weighted by atomic mass is 15.3. The van der Waals surface area contributed by atoms with Gasteiger partial charge in [0.1, 0.15) is 0 Å². The zero-order valence-corrected chi connectivity index (χ0v) is 12.4. The van der Waals surface area contributed by atoms with Crippen molar-refractivity contribution in [3.8, 4) is 0 Å². The number of nitrogens with two attached hydrogens (primary N) is 1. The van der Waals surface area contributed by atoms with Gasteiger partial charge in [-0.1, -0.05) is 24.3 Å². The number of aryl methyl sites for hydroxylation is 1. The Morgan fingerprint density at radius 3 is 2.67 bits per heavy atom. The van der Waals surface area contributed by atoms with E-state index in [1.165, 1.54) is 11.1 Å². The Morgan fingerprint density at radius 1 is 1.14 bits per heavy atom. The second kappa shape index (κ2) is 5.55. The van der Waals surface area contributed by atoms with Crippen LogP contribution in [-0.4, -0.2) is 35.1 Å². The molecule has 110 valence electrons. The van der Waals surface area contributed by atoms with Crippen LogP contribution in [0.3, 0.4) is 0 Å². The van der Waals surface area contributed by atoms with Crippen LogP contribution in [0.2, 0.25) is 0 Å². The first kappa shape index (κ1) is 13.6. The van der Waals surface area contributed by atoms with E-state index in [0.29, 0.717) is 17.9 Å². The lowest BCUT2D eigenvalue weighted by Gasteiger charge is -2.25. The number of benzene rings is 1. The molecule has 0 fully saturated rings. The molecular weight excluding hydrogens is 264 g/mol. The molecule has 0 saturated heterocycles. The van der Waals surface area contributed by atoms with Gasteiger partial charge in [0.05, 0.1) is 0 Å². The predicted octanol–water partition coefficient (Wildman–Crippen LogP) is 1.49. The third-order valence-corrected chi connectivity index (χ3v) is 3.72. The summed E-state index contributed by atoms with van der Waals surface area (Å²) < 4.78 is 0. The minimum Gasteiger partial charge on any atom is -0.368 e. The van der Waals surface area contributed by atoms with E-state index >= 15 is 0 Å². The molecular formula is C15H20N6. The molecule has 3 rings (SSSR count). The molecule has 21 heavy (non-hydrogen) atoms. The van der Waals surface area contributed by atoms with E-state index in [4.69, 9.17) is 5.73 Å². The second-order valence-corrected chi connectivity index (χ2v) is 5.56. The molecule has 2 aromatic rings. The van der Waals surface area contributed by atoms with E-state index in [2.05, 4.69) is 44.5 Å². The van der Waals surface area contributed by atoms with Gasteiger partial charge in [-0.05, 0) is 30.4 Å². The van der Waals surface area contributed by atoms with Crippen LogP contribution in [0, 0.1) is 0 Å².